The molecule has 0 unspecified atom stereocenters. The molecule has 0 radical (unpaired) electrons. The molecule has 0 atom stereocenters. The first-order chi connectivity index (χ1) is 12.7. The summed E-state index contributed by atoms with van der Waals surface area (Å²) in [5, 5.41) is 8.30. The Morgan fingerprint density at radius 1 is 1.12 bits per heavy atom. The number of carbonyl (C=O) groups is 1. The van der Waals surface area contributed by atoms with Crippen molar-refractivity contribution in [1.29, 1.82) is 0 Å². The smallest absolute Gasteiger partial charge is 0.267 e. The Labute approximate surface area is 151 Å². The van der Waals surface area contributed by atoms with Gasteiger partial charge in [0.1, 0.15) is 5.69 Å². The molecule has 0 saturated heterocycles. The maximum atomic E-state index is 12.5. The van der Waals surface area contributed by atoms with Crippen molar-refractivity contribution in [3.05, 3.63) is 89.4 Å². The summed E-state index contributed by atoms with van der Waals surface area (Å²) >= 11 is 0. The van der Waals surface area contributed by atoms with E-state index in [2.05, 4.69) is 21.5 Å². The number of rotatable bonds is 5. The van der Waals surface area contributed by atoms with Gasteiger partial charge in [-0.15, -0.1) is 0 Å². The Balaban J connectivity index is 1.48. The van der Waals surface area contributed by atoms with Crippen LogP contribution in [0.5, 0.6) is 0 Å². The Morgan fingerprint density at radius 3 is 2.77 bits per heavy atom. The van der Waals surface area contributed by atoms with Gasteiger partial charge in [0, 0.05) is 29.8 Å². The minimum absolute atomic E-state index is 0.104. The van der Waals surface area contributed by atoms with E-state index in [9.17, 15) is 4.79 Å². The molecule has 1 amide bonds. The van der Waals surface area contributed by atoms with Crippen molar-refractivity contribution in [2.75, 3.05) is 0 Å². The maximum absolute atomic E-state index is 12.5. The average molecular weight is 344 g/mol. The fraction of sp³-hybridized carbons (Fsp3) is 0.143. The predicted octanol–water partition coefficient (Wildman–Crippen LogP) is 3.65. The van der Waals surface area contributed by atoms with Gasteiger partial charge in [-0.05, 0) is 41.8 Å². The van der Waals surface area contributed by atoms with Crippen LogP contribution in [0.15, 0.2) is 67.0 Å². The number of H-pyrrole nitrogens is 1. The van der Waals surface area contributed by atoms with E-state index in [0.717, 1.165) is 22.0 Å². The first-order valence-corrected chi connectivity index (χ1v) is 8.61. The lowest BCUT2D eigenvalue weighted by Gasteiger charge is -2.10. The SMILES string of the molecule is Cc1ccc2cc(C(=O)NCc3ccccc3Cn3cccn3)[nH]c2c1. The van der Waals surface area contributed by atoms with Gasteiger partial charge in [-0.3, -0.25) is 9.48 Å². The van der Waals surface area contributed by atoms with Gasteiger partial charge in [0.2, 0.25) is 0 Å². The summed E-state index contributed by atoms with van der Waals surface area (Å²) in [6.07, 6.45) is 3.70. The number of nitrogens with zero attached hydrogens (tertiary/aromatic N) is 2. The van der Waals surface area contributed by atoms with E-state index in [1.807, 2.05) is 66.3 Å². The molecule has 130 valence electrons. The predicted molar refractivity (Wildman–Crippen MR) is 102 cm³/mol. The second kappa shape index (κ2) is 6.88. The lowest BCUT2D eigenvalue weighted by atomic mass is 10.1. The molecule has 4 aromatic rings. The number of amides is 1. The second-order valence-corrected chi connectivity index (χ2v) is 6.43. The maximum Gasteiger partial charge on any atom is 0.267 e. The molecule has 0 fully saturated rings. The molecule has 0 aliphatic rings. The zero-order valence-corrected chi connectivity index (χ0v) is 14.6. The molecule has 4 rings (SSSR count). The number of aromatic amines is 1. The molecule has 5 heteroatoms. The van der Waals surface area contributed by atoms with Crippen molar-refractivity contribution in [3.63, 3.8) is 0 Å². The van der Waals surface area contributed by atoms with Gasteiger partial charge in [-0.25, -0.2) is 0 Å². The van der Waals surface area contributed by atoms with Gasteiger partial charge < -0.3 is 10.3 Å². The summed E-state index contributed by atoms with van der Waals surface area (Å²) in [4.78, 5) is 15.7. The molecule has 2 heterocycles. The van der Waals surface area contributed by atoms with Crippen LogP contribution >= 0.6 is 0 Å². The quantitative estimate of drug-likeness (QED) is 0.580. The van der Waals surface area contributed by atoms with Crippen molar-refractivity contribution in [1.82, 2.24) is 20.1 Å². The standard InChI is InChI=1S/C21H20N4O/c1-15-7-8-16-12-20(24-19(16)11-15)21(26)22-13-17-5-2-3-6-18(17)14-25-10-4-9-23-25/h2-12,24H,13-14H2,1H3,(H,22,26). The van der Waals surface area contributed by atoms with Crippen LogP contribution in [0, 0.1) is 6.92 Å². The zero-order valence-electron chi connectivity index (χ0n) is 14.6. The van der Waals surface area contributed by atoms with Crippen molar-refractivity contribution in [2.45, 2.75) is 20.0 Å². The molecule has 0 bridgehead atoms. The summed E-state index contributed by atoms with van der Waals surface area (Å²) < 4.78 is 1.88. The summed E-state index contributed by atoms with van der Waals surface area (Å²) in [5.41, 5.74) is 4.95. The molecule has 5 nitrogen and oxygen atoms in total. The number of benzene rings is 2. The highest BCUT2D eigenvalue weighted by atomic mass is 16.1. The lowest BCUT2D eigenvalue weighted by molar-refractivity contribution is 0.0946. The minimum Gasteiger partial charge on any atom is -0.351 e. The number of hydrogen-bond donors (Lipinski definition) is 2. The van der Waals surface area contributed by atoms with Gasteiger partial charge in [0.05, 0.1) is 6.54 Å². The van der Waals surface area contributed by atoms with Crippen molar-refractivity contribution >= 4 is 16.8 Å². The van der Waals surface area contributed by atoms with E-state index in [1.54, 1.807) is 6.20 Å². The fourth-order valence-corrected chi connectivity index (χ4v) is 3.09. The van der Waals surface area contributed by atoms with E-state index in [1.165, 1.54) is 5.56 Å². The Morgan fingerprint density at radius 2 is 1.96 bits per heavy atom. The third-order valence-corrected chi connectivity index (χ3v) is 4.47. The number of fused-ring (bicyclic) bond motifs is 1. The molecular formula is C21H20N4O. The number of carbonyl (C=O) groups excluding carboxylic acids is 1. The highest BCUT2D eigenvalue weighted by molar-refractivity contribution is 5.98. The normalized spacial score (nSPS) is 11.0. The highest BCUT2D eigenvalue weighted by Gasteiger charge is 2.10. The number of nitrogens with one attached hydrogen (secondary N) is 2. The summed E-state index contributed by atoms with van der Waals surface area (Å²) in [5.74, 6) is -0.104. The van der Waals surface area contributed by atoms with Gasteiger partial charge in [-0.2, -0.15) is 5.10 Å². The Hall–Kier alpha value is -3.34. The van der Waals surface area contributed by atoms with Crippen LogP contribution in [-0.2, 0) is 13.1 Å². The molecule has 2 N–H and O–H groups in total. The first kappa shape index (κ1) is 16.1. The van der Waals surface area contributed by atoms with Crippen molar-refractivity contribution in [3.8, 4) is 0 Å². The molecule has 0 aliphatic heterocycles. The van der Waals surface area contributed by atoms with Crippen LogP contribution in [-0.4, -0.2) is 20.7 Å². The van der Waals surface area contributed by atoms with Crippen LogP contribution in [0.1, 0.15) is 27.2 Å². The van der Waals surface area contributed by atoms with E-state index in [0.29, 0.717) is 18.8 Å². The second-order valence-electron chi connectivity index (χ2n) is 6.43. The van der Waals surface area contributed by atoms with E-state index in [4.69, 9.17) is 0 Å². The Bertz CT molecular complexity index is 1050. The third-order valence-electron chi connectivity index (χ3n) is 4.47. The molecule has 0 aliphatic carbocycles. The number of aryl methyl sites for hydroxylation is 1. The van der Waals surface area contributed by atoms with Gasteiger partial charge in [0.25, 0.3) is 5.91 Å². The van der Waals surface area contributed by atoms with Crippen LogP contribution in [0.25, 0.3) is 10.9 Å². The third kappa shape index (κ3) is 3.37. The lowest BCUT2D eigenvalue weighted by Crippen LogP contribution is -2.24. The van der Waals surface area contributed by atoms with Crippen LogP contribution < -0.4 is 5.32 Å². The zero-order chi connectivity index (χ0) is 17.9. The van der Waals surface area contributed by atoms with E-state index >= 15 is 0 Å². The summed E-state index contributed by atoms with van der Waals surface area (Å²) in [6.45, 7) is 3.20. The molecule has 0 saturated carbocycles. The van der Waals surface area contributed by atoms with Gasteiger partial charge >= 0.3 is 0 Å². The summed E-state index contributed by atoms with van der Waals surface area (Å²) in [6, 6.07) is 18.0. The molecule has 2 aromatic heterocycles. The first-order valence-electron chi connectivity index (χ1n) is 8.61. The highest BCUT2D eigenvalue weighted by Crippen LogP contribution is 2.17. The molecule has 26 heavy (non-hydrogen) atoms. The number of hydrogen-bond acceptors (Lipinski definition) is 2. The van der Waals surface area contributed by atoms with Crippen LogP contribution in [0.3, 0.4) is 0 Å². The topological polar surface area (TPSA) is 62.7 Å². The van der Waals surface area contributed by atoms with E-state index in [-0.39, 0.29) is 5.91 Å². The number of aromatic nitrogens is 3. The molecule has 2 aromatic carbocycles. The van der Waals surface area contributed by atoms with Crippen LogP contribution in [0.2, 0.25) is 0 Å². The van der Waals surface area contributed by atoms with Crippen LogP contribution in [0.4, 0.5) is 0 Å². The summed E-state index contributed by atoms with van der Waals surface area (Å²) in [7, 11) is 0. The fourth-order valence-electron chi connectivity index (χ4n) is 3.09. The monoisotopic (exact) mass is 344 g/mol. The largest absolute Gasteiger partial charge is 0.351 e. The Kier molecular flexibility index (Phi) is 4.27. The van der Waals surface area contributed by atoms with Crippen molar-refractivity contribution < 1.29 is 4.79 Å². The van der Waals surface area contributed by atoms with Gasteiger partial charge in [0.15, 0.2) is 0 Å². The molecular weight excluding hydrogens is 324 g/mol. The average Bonchev–Trinajstić information content (AvgIpc) is 3.30. The minimum atomic E-state index is -0.104. The van der Waals surface area contributed by atoms with E-state index < -0.39 is 0 Å². The van der Waals surface area contributed by atoms with Gasteiger partial charge in [-0.1, -0.05) is 36.4 Å². The van der Waals surface area contributed by atoms with Crippen molar-refractivity contribution in [2.24, 2.45) is 0 Å². The molecule has 0 spiro atoms.